The molecule has 3 aromatic rings. The molecule has 0 spiro atoms. The number of aromatic nitrogens is 1. The minimum absolute atomic E-state index is 0.117. The third kappa shape index (κ3) is 3.20. The molecule has 4 atom stereocenters. The van der Waals surface area contributed by atoms with Crippen molar-refractivity contribution in [2.24, 2.45) is 5.92 Å². The van der Waals surface area contributed by atoms with Crippen molar-refractivity contribution in [3.63, 3.8) is 0 Å². The maximum Gasteiger partial charge on any atom is 0.416 e. The zero-order valence-electron chi connectivity index (χ0n) is 18.2. The van der Waals surface area contributed by atoms with Gasteiger partial charge in [0, 0.05) is 5.92 Å². The number of halogens is 3. The lowest BCUT2D eigenvalue weighted by Crippen LogP contribution is -2.44. The zero-order chi connectivity index (χ0) is 25.2. The summed E-state index contributed by atoms with van der Waals surface area (Å²) in [5, 5.41) is 33.0. The number of aliphatic hydroxyl groups is 2. The van der Waals surface area contributed by atoms with Gasteiger partial charge in [-0.15, -0.1) is 0 Å². The van der Waals surface area contributed by atoms with Crippen molar-refractivity contribution in [3.8, 4) is 11.5 Å². The monoisotopic (exact) mass is 487 g/mol. The van der Waals surface area contributed by atoms with Gasteiger partial charge in [0.05, 0.1) is 36.5 Å². The van der Waals surface area contributed by atoms with Crippen molar-refractivity contribution in [1.29, 1.82) is 0 Å². The maximum atomic E-state index is 13.3. The highest BCUT2D eigenvalue weighted by molar-refractivity contribution is 5.76. The molecule has 1 aliphatic carbocycles. The van der Waals surface area contributed by atoms with E-state index in [1.807, 2.05) is 0 Å². The Bertz CT molecular complexity index is 1280. The number of carboxylic acid groups (broad SMARTS) is 1. The molecule has 3 N–H and O–H groups in total. The normalized spacial score (nSPS) is 26.5. The third-order valence-corrected chi connectivity index (χ3v) is 6.90. The minimum Gasteiger partial charge on any atom is -0.495 e. The lowest BCUT2D eigenvalue weighted by Gasteiger charge is -2.36. The first-order valence-corrected chi connectivity index (χ1v) is 10.6. The average Bonchev–Trinajstić information content (AvgIpc) is 3.28. The van der Waals surface area contributed by atoms with Gasteiger partial charge in [-0.2, -0.15) is 13.2 Å². The van der Waals surface area contributed by atoms with Gasteiger partial charge in [-0.1, -0.05) is 42.5 Å². The Morgan fingerprint density at radius 3 is 2.29 bits per heavy atom. The largest absolute Gasteiger partial charge is 0.495 e. The second-order valence-electron chi connectivity index (χ2n) is 8.64. The lowest BCUT2D eigenvalue weighted by atomic mass is 9.72. The predicted molar refractivity (Wildman–Crippen MR) is 115 cm³/mol. The summed E-state index contributed by atoms with van der Waals surface area (Å²) >= 11 is 0. The number of hydrogen-bond acceptors (Lipinski definition) is 6. The molecule has 1 aliphatic heterocycles. The molecule has 2 heterocycles. The topological polar surface area (TPSA) is 109 Å². The highest BCUT2D eigenvalue weighted by Crippen LogP contribution is 2.70. The fourth-order valence-corrected chi connectivity index (χ4v) is 5.61. The van der Waals surface area contributed by atoms with Crippen molar-refractivity contribution in [1.82, 2.24) is 4.98 Å². The van der Waals surface area contributed by atoms with E-state index in [1.54, 1.807) is 30.3 Å². The van der Waals surface area contributed by atoms with Crippen LogP contribution in [-0.4, -0.2) is 39.2 Å². The Balaban J connectivity index is 1.84. The number of methoxy groups -OCH3 is 1. The summed E-state index contributed by atoms with van der Waals surface area (Å²) < 4.78 is 51.6. The number of alkyl halides is 3. The number of benzene rings is 2. The van der Waals surface area contributed by atoms with Crippen LogP contribution in [0.1, 0.15) is 34.1 Å². The van der Waals surface area contributed by atoms with Crippen LogP contribution in [0.5, 0.6) is 11.5 Å². The van der Waals surface area contributed by atoms with Gasteiger partial charge < -0.3 is 24.8 Å². The molecular weight excluding hydrogens is 467 g/mol. The minimum atomic E-state index is -4.60. The number of ether oxygens (including phenoxy) is 2. The Hall–Kier alpha value is -3.63. The van der Waals surface area contributed by atoms with E-state index in [-0.39, 0.29) is 22.6 Å². The van der Waals surface area contributed by atoms with Gasteiger partial charge in [0.15, 0.2) is 11.4 Å². The smallest absolute Gasteiger partial charge is 0.416 e. The number of pyridine rings is 1. The Kier molecular flexibility index (Phi) is 5.08. The van der Waals surface area contributed by atoms with Crippen LogP contribution in [0, 0.1) is 5.92 Å². The quantitative estimate of drug-likeness (QED) is 0.482. The zero-order valence-corrected chi connectivity index (χ0v) is 18.2. The highest BCUT2D eigenvalue weighted by atomic mass is 19.4. The van der Waals surface area contributed by atoms with Crippen LogP contribution in [0.2, 0.25) is 0 Å². The molecule has 7 nitrogen and oxygen atoms in total. The number of aliphatic carboxylic acids is 1. The van der Waals surface area contributed by atoms with Crippen LogP contribution in [0.4, 0.5) is 13.2 Å². The van der Waals surface area contributed by atoms with Crippen LogP contribution >= 0.6 is 0 Å². The number of rotatable bonds is 4. The molecular formula is C25H20F3NO6. The summed E-state index contributed by atoms with van der Waals surface area (Å²) in [6, 6.07) is 12.3. The fraction of sp³-hybridized carbons (Fsp3) is 0.280. The first-order valence-electron chi connectivity index (χ1n) is 10.6. The van der Waals surface area contributed by atoms with Crippen LogP contribution < -0.4 is 9.47 Å². The average molecular weight is 487 g/mol. The molecule has 1 fully saturated rings. The van der Waals surface area contributed by atoms with Gasteiger partial charge in [-0.05, 0) is 23.3 Å². The van der Waals surface area contributed by atoms with E-state index >= 15 is 0 Å². The molecule has 2 aromatic carbocycles. The molecule has 35 heavy (non-hydrogen) atoms. The second kappa shape index (κ2) is 7.69. The van der Waals surface area contributed by atoms with E-state index in [4.69, 9.17) is 9.47 Å². The summed E-state index contributed by atoms with van der Waals surface area (Å²) in [4.78, 5) is 16.5. The van der Waals surface area contributed by atoms with Crippen molar-refractivity contribution >= 4 is 5.97 Å². The molecule has 5 rings (SSSR count). The van der Waals surface area contributed by atoms with Crippen LogP contribution in [0.3, 0.4) is 0 Å². The van der Waals surface area contributed by atoms with E-state index < -0.39 is 46.9 Å². The number of hydrogen-bond donors (Lipinski definition) is 3. The summed E-state index contributed by atoms with van der Waals surface area (Å²) in [5.41, 5.74) is -1.96. The number of carboxylic acids is 1. The molecule has 0 bridgehead atoms. The van der Waals surface area contributed by atoms with Crippen LogP contribution in [-0.2, 0) is 16.6 Å². The SMILES string of the molecule is COc1cncc2c1C1C(O)(O)C(C(=O)O)C(c3ccccc3)C1(c1ccc(C(F)(F)F)cc1)O2. The Morgan fingerprint density at radius 2 is 1.71 bits per heavy atom. The van der Waals surface area contributed by atoms with E-state index in [1.165, 1.54) is 31.6 Å². The molecule has 0 saturated heterocycles. The molecule has 0 amide bonds. The second-order valence-corrected chi connectivity index (χ2v) is 8.64. The van der Waals surface area contributed by atoms with Gasteiger partial charge in [0.25, 0.3) is 0 Å². The van der Waals surface area contributed by atoms with Gasteiger partial charge in [0.1, 0.15) is 17.4 Å². The highest BCUT2D eigenvalue weighted by Gasteiger charge is 2.76. The summed E-state index contributed by atoms with van der Waals surface area (Å²) in [5.74, 6) is -8.53. The summed E-state index contributed by atoms with van der Waals surface area (Å²) in [6.07, 6.45) is -1.94. The van der Waals surface area contributed by atoms with Crippen molar-refractivity contribution in [2.45, 2.75) is 29.4 Å². The third-order valence-electron chi connectivity index (χ3n) is 6.90. The van der Waals surface area contributed by atoms with E-state index in [2.05, 4.69) is 4.98 Å². The standard InChI is InChI=1S/C25H20F3NO6/c1-34-16-11-29-12-17-18(16)21-23(35-17,14-7-9-15(10-8-14)25(26,27)28)19(13-5-3-2-4-6-13)20(22(30)31)24(21,32)33/h2-12,19-21,32-33H,1H3,(H,30,31). The number of fused-ring (bicyclic) bond motifs is 3. The van der Waals surface area contributed by atoms with Gasteiger partial charge >= 0.3 is 12.1 Å². The van der Waals surface area contributed by atoms with Gasteiger partial charge in [-0.3, -0.25) is 9.78 Å². The number of carbonyl (C=O) groups is 1. The molecule has 0 radical (unpaired) electrons. The van der Waals surface area contributed by atoms with Crippen molar-refractivity contribution < 1.29 is 42.8 Å². The van der Waals surface area contributed by atoms with Gasteiger partial charge in [0.2, 0.25) is 0 Å². The van der Waals surface area contributed by atoms with E-state index in [0.29, 0.717) is 5.56 Å². The fourth-order valence-electron chi connectivity index (χ4n) is 5.61. The van der Waals surface area contributed by atoms with Crippen LogP contribution in [0.25, 0.3) is 0 Å². The maximum absolute atomic E-state index is 13.3. The van der Waals surface area contributed by atoms with Crippen molar-refractivity contribution in [3.05, 3.63) is 89.2 Å². The molecule has 4 unspecified atom stereocenters. The molecule has 1 saturated carbocycles. The first kappa shape index (κ1) is 23.1. The lowest BCUT2D eigenvalue weighted by molar-refractivity contribution is -0.210. The van der Waals surface area contributed by atoms with Gasteiger partial charge in [-0.25, -0.2) is 0 Å². The Morgan fingerprint density at radius 1 is 1.06 bits per heavy atom. The predicted octanol–water partition coefficient (Wildman–Crippen LogP) is 3.66. The molecule has 182 valence electrons. The Labute approximate surface area is 197 Å². The molecule has 1 aromatic heterocycles. The molecule has 10 heteroatoms. The van der Waals surface area contributed by atoms with Crippen LogP contribution in [0.15, 0.2) is 67.0 Å². The number of nitrogens with zero attached hydrogens (tertiary/aromatic N) is 1. The van der Waals surface area contributed by atoms with E-state index in [9.17, 15) is 33.3 Å². The van der Waals surface area contributed by atoms with Crippen molar-refractivity contribution in [2.75, 3.05) is 7.11 Å². The van der Waals surface area contributed by atoms with E-state index in [0.717, 1.165) is 12.1 Å². The first-order chi connectivity index (χ1) is 16.5. The molecule has 2 aliphatic rings. The summed E-state index contributed by atoms with van der Waals surface area (Å²) in [6.45, 7) is 0. The summed E-state index contributed by atoms with van der Waals surface area (Å²) in [7, 11) is 1.34.